The van der Waals surface area contributed by atoms with E-state index < -0.39 is 21.8 Å². The number of alkyl halides is 3. The predicted molar refractivity (Wildman–Crippen MR) is 119 cm³/mol. The van der Waals surface area contributed by atoms with Crippen molar-refractivity contribution < 1.29 is 26.4 Å². The monoisotopic (exact) mass is 475 g/mol. The third-order valence-electron chi connectivity index (χ3n) is 4.72. The molecule has 0 radical (unpaired) electrons. The molecule has 0 unspecified atom stereocenters. The van der Waals surface area contributed by atoms with E-state index in [2.05, 4.69) is 10.5 Å². The van der Waals surface area contributed by atoms with Crippen molar-refractivity contribution in [1.29, 1.82) is 0 Å². The molecule has 1 amide bonds. The highest BCUT2D eigenvalue weighted by molar-refractivity contribution is 7.92. The number of hydrogen-bond donors (Lipinski definition) is 1. The highest BCUT2D eigenvalue weighted by Gasteiger charge is 2.31. The van der Waals surface area contributed by atoms with Crippen LogP contribution in [0, 0.1) is 0 Å². The van der Waals surface area contributed by atoms with Crippen LogP contribution in [0.25, 0.3) is 0 Å². The molecule has 1 N–H and O–H groups in total. The Labute approximate surface area is 189 Å². The van der Waals surface area contributed by atoms with Gasteiger partial charge < -0.3 is 0 Å². The maximum Gasteiger partial charge on any atom is 0.416 e. The third kappa shape index (κ3) is 5.98. The Morgan fingerprint density at radius 2 is 1.58 bits per heavy atom. The number of benzene rings is 3. The van der Waals surface area contributed by atoms with Gasteiger partial charge in [-0.2, -0.15) is 18.3 Å². The lowest BCUT2D eigenvalue weighted by molar-refractivity contribution is -0.137. The lowest BCUT2D eigenvalue weighted by Crippen LogP contribution is -2.27. The molecule has 0 aliphatic carbocycles. The fourth-order valence-corrected chi connectivity index (χ4v) is 4.20. The van der Waals surface area contributed by atoms with Gasteiger partial charge in [0, 0.05) is 12.6 Å². The van der Waals surface area contributed by atoms with Gasteiger partial charge in [0.1, 0.15) is 0 Å². The maximum atomic E-state index is 13.0. The number of anilines is 1. The SMILES string of the molecule is CN(c1ccccc1C=NNC(=O)Cc1ccccc1)S(=O)(=O)c1ccc(C(F)(F)F)cc1. The topological polar surface area (TPSA) is 78.8 Å². The van der Waals surface area contributed by atoms with Crippen molar-refractivity contribution in [3.05, 3.63) is 95.6 Å². The van der Waals surface area contributed by atoms with Crippen LogP contribution < -0.4 is 9.73 Å². The summed E-state index contributed by atoms with van der Waals surface area (Å²) in [6.07, 6.45) is -3.14. The van der Waals surface area contributed by atoms with Gasteiger partial charge in [-0.05, 0) is 35.9 Å². The van der Waals surface area contributed by atoms with E-state index in [1.54, 1.807) is 30.3 Å². The highest BCUT2D eigenvalue weighted by Crippen LogP contribution is 2.31. The first-order chi connectivity index (χ1) is 15.6. The molecule has 0 aliphatic rings. The Hall–Kier alpha value is -3.66. The molecule has 6 nitrogen and oxygen atoms in total. The number of hydrogen-bond acceptors (Lipinski definition) is 4. The Bertz CT molecular complexity index is 1240. The average Bonchev–Trinajstić information content (AvgIpc) is 2.79. The molecule has 3 aromatic carbocycles. The van der Waals surface area contributed by atoms with Gasteiger partial charge in [-0.3, -0.25) is 9.10 Å². The van der Waals surface area contributed by atoms with Crippen molar-refractivity contribution >= 4 is 27.8 Å². The fourth-order valence-electron chi connectivity index (χ4n) is 2.98. The summed E-state index contributed by atoms with van der Waals surface area (Å²) in [5.74, 6) is -0.347. The highest BCUT2D eigenvalue weighted by atomic mass is 32.2. The van der Waals surface area contributed by atoms with Crippen LogP contribution in [0.3, 0.4) is 0 Å². The number of carbonyl (C=O) groups excluding carboxylic acids is 1. The molecule has 172 valence electrons. The van der Waals surface area contributed by atoms with Crippen LogP contribution in [-0.2, 0) is 27.4 Å². The first kappa shape index (κ1) is 24.0. The van der Waals surface area contributed by atoms with E-state index in [0.29, 0.717) is 5.56 Å². The molecule has 33 heavy (non-hydrogen) atoms. The molecule has 0 saturated heterocycles. The van der Waals surface area contributed by atoms with Crippen LogP contribution in [0.15, 0.2) is 88.9 Å². The Balaban J connectivity index is 1.77. The van der Waals surface area contributed by atoms with Crippen molar-refractivity contribution in [2.75, 3.05) is 11.4 Å². The second-order valence-electron chi connectivity index (χ2n) is 7.01. The van der Waals surface area contributed by atoms with Crippen molar-refractivity contribution in [3.8, 4) is 0 Å². The minimum absolute atomic E-state index is 0.127. The van der Waals surface area contributed by atoms with E-state index in [0.717, 1.165) is 34.1 Å². The van der Waals surface area contributed by atoms with Gasteiger partial charge in [0.05, 0.1) is 28.8 Å². The van der Waals surface area contributed by atoms with Crippen LogP contribution in [-0.4, -0.2) is 27.6 Å². The van der Waals surface area contributed by atoms with Crippen molar-refractivity contribution in [2.24, 2.45) is 5.10 Å². The van der Waals surface area contributed by atoms with Crippen molar-refractivity contribution in [1.82, 2.24) is 5.43 Å². The number of nitrogens with zero attached hydrogens (tertiary/aromatic N) is 2. The summed E-state index contributed by atoms with van der Waals surface area (Å²) in [5.41, 5.74) is 2.88. The average molecular weight is 475 g/mol. The number of hydrazone groups is 1. The van der Waals surface area contributed by atoms with Crippen molar-refractivity contribution in [2.45, 2.75) is 17.5 Å². The van der Waals surface area contributed by atoms with E-state index >= 15 is 0 Å². The minimum Gasteiger partial charge on any atom is -0.273 e. The van der Waals surface area contributed by atoms with Crippen LogP contribution in [0.1, 0.15) is 16.7 Å². The van der Waals surface area contributed by atoms with Gasteiger partial charge >= 0.3 is 6.18 Å². The summed E-state index contributed by atoms with van der Waals surface area (Å²) in [7, 11) is -2.86. The second-order valence-corrected chi connectivity index (χ2v) is 8.98. The number of sulfonamides is 1. The van der Waals surface area contributed by atoms with Gasteiger partial charge in [-0.15, -0.1) is 0 Å². The molecule has 3 aromatic rings. The fraction of sp³-hybridized carbons (Fsp3) is 0.130. The zero-order valence-electron chi connectivity index (χ0n) is 17.5. The van der Waals surface area contributed by atoms with Crippen LogP contribution in [0.2, 0.25) is 0 Å². The quantitative estimate of drug-likeness (QED) is 0.411. The third-order valence-corrected chi connectivity index (χ3v) is 6.50. The molecular formula is C23H20F3N3O3S. The first-order valence-electron chi connectivity index (χ1n) is 9.70. The summed E-state index contributed by atoms with van der Waals surface area (Å²) in [6, 6.07) is 18.7. The number of amides is 1. The Morgan fingerprint density at radius 1 is 0.970 bits per heavy atom. The summed E-state index contributed by atoms with van der Waals surface area (Å²) in [5, 5.41) is 3.90. The largest absolute Gasteiger partial charge is 0.416 e. The molecule has 0 heterocycles. The van der Waals surface area contributed by atoms with E-state index in [-0.39, 0.29) is 22.9 Å². The zero-order chi connectivity index (χ0) is 24.1. The molecular weight excluding hydrogens is 455 g/mol. The molecule has 0 bridgehead atoms. The molecule has 3 rings (SSSR count). The van der Waals surface area contributed by atoms with Gasteiger partial charge in [-0.1, -0.05) is 48.5 Å². The second kappa shape index (κ2) is 9.86. The Morgan fingerprint density at radius 3 is 2.21 bits per heavy atom. The van der Waals surface area contributed by atoms with Gasteiger partial charge in [-0.25, -0.2) is 13.8 Å². The van der Waals surface area contributed by atoms with E-state index in [1.807, 2.05) is 18.2 Å². The van der Waals surface area contributed by atoms with E-state index in [4.69, 9.17) is 0 Å². The lowest BCUT2D eigenvalue weighted by atomic mass is 10.1. The molecule has 0 aromatic heterocycles. The van der Waals surface area contributed by atoms with Crippen LogP contribution >= 0.6 is 0 Å². The molecule has 0 fully saturated rings. The molecule has 10 heteroatoms. The van der Waals surface area contributed by atoms with E-state index in [1.165, 1.54) is 19.3 Å². The normalized spacial score (nSPS) is 12.0. The van der Waals surface area contributed by atoms with Gasteiger partial charge in [0.15, 0.2) is 0 Å². The maximum absolute atomic E-state index is 13.0. The standard InChI is InChI=1S/C23H20F3N3O3S/c1-29(33(31,32)20-13-11-19(12-14-20)23(24,25)26)21-10-6-5-9-18(21)16-27-28-22(30)15-17-7-3-2-4-8-17/h2-14,16H,15H2,1H3,(H,28,30). The summed E-state index contributed by atoms with van der Waals surface area (Å²) >= 11 is 0. The summed E-state index contributed by atoms with van der Waals surface area (Å²) < 4.78 is 65.2. The molecule has 0 spiro atoms. The molecule has 0 aliphatic heterocycles. The minimum atomic E-state index is -4.57. The lowest BCUT2D eigenvalue weighted by Gasteiger charge is -2.21. The predicted octanol–water partition coefficient (Wildman–Crippen LogP) is 4.22. The number of para-hydroxylation sites is 1. The van der Waals surface area contributed by atoms with Crippen LogP contribution in [0.4, 0.5) is 18.9 Å². The van der Waals surface area contributed by atoms with Crippen LogP contribution in [0.5, 0.6) is 0 Å². The number of carbonyl (C=O) groups is 1. The smallest absolute Gasteiger partial charge is 0.273 e. The number of halogens is 3. The zero-order valence-corrected chi connectivity index (χ0v) is 18.3. The van der Waals surface area contributed by atoms with Gasteiger partial charge in [0.2, 0.25) is 5.91 Å². The molecule has 0 saturated carbocycles. The number of rotatable bonds is 7. The van der Waals surface area contributed by atoms with Gasteiger partial charge in [0.25, 0.3) is 10.0 Å². The Kier molecular flexibility index (Phi) is 7.17. The number of nitrogens with one attached hydrogen (secondary N) is 1. The van der Waals surface area contributed by atoms with E-state index in [9.17, 15) is 26.4 Å². The first-order valence-corrected chi connectivity index (χ1v) is 11.1. The molecule has 0 atom stereocenters. The van der Waals surface area contributed by atoms with Crippen molar-refractivity contribution in [3.63, 3.8) is 0 Å². The summed E-state index contributed by atoms with van der Waals surface area (Å²) in [4.78, 5) is 11.8. The summed E-state index contributed by atoms with van der Waals surface area (Å²) in [6.45, 7) is 0.